The summed E-state index contributed by atoms with van der Waals surface area (Å²) in [6, 6.07) is 6.60. The van der Waals surface area contributed by atoms with Crippen molar-refractivity contribution in [3.05, 3.63) is 40.7 Å². The third-order valence-corrected chi connectivity index (χ3v) is 4.29. The van der Waals surface area contributed by atoms with Gasteiger partial charge in [-0.05, 0) is 26.0 Å². The number of rotatable bonds is 3. The first kappa shape index (κ1) is 12.9. The zero-order valence-electron chi connectivity index (χ0n) is 9.77. The number of nitrogens with zero attached hydrogens (tertiary/aromatic N) is 1. The van der Waals surface area contributed by atoms with Crippen LogP contribution in [0.5, 0.6) is 0 Å². The van der Waals surface area contributed by atoms with Gasteiger partial charge in [-0.1, -0.05) is 28.9 Å². The first-order valence-electron chi connectivity index (χ1n) is 5.12. The molecule has 1 aromatic heterocycles. The van der Waals surface area contributed by atoms with E-state index in [1.165, 1.54) is 0 Å². The summed E-state index contributed by atoms with van der Waals surface area (Å²) in [7, 11) is -3.74. The van der Waals surface area contributed by atoms with Crippen molar-refractivity contribution in [3.8, 4) is 0 Å². The molecule has 0 aliphatic rings. The molecule has 0 atom stereocenters. The molecule has 0 saturated carbocycles. The van der Waals surface area contributed by atoms with E-state index in [1.807, 2.05) is 0 Å². The van der Waals surface area contributed by atoms with E-state index in [2.05, 4.69) is 9.88 Å². The molecule has 7 heteroatoms. The molecule has 2 rings (SSSR count). The summed E-state index contributed by atoms with van der Waals surface area (Å²) in [5.41, 5.74) is 0.631. The van der Waals surface area contributed by atoms with Gasteiger partial charge in [-0.25, -0.2) is 8.42 Å². The lowest BCUT2D eigenvalue weighted by molar-refractivity contribution is 0.390. The Labute approximate surface area is 110 Å². The van der Waals surface area contributed by atoms with Crippen LogP contribution in [0.25, 0.3) is 0 Å². The van der Waals surface area contributed by atoms with E-state index >= 15 is 0 Å². The van der Waals surface area contributed by atoms with Crippen molar-refractivity contribution in [3.63, 3.8) is 0 Å². The second-order valence-corrected chi connectivity index (χ2v) is 5.77. The first-order chi connectivity index (χ1) is 8.42. The molecular weight excluding hydrogens is 276 g/mol. The van der Waals surface area contributed by atoms with Gasteiger partial charge >= 0.3 is 0 Å². The van der Waals surface area contributed by atoms with Crippen molar-refractivity contribution < 1.29 is 12.9 Å². The molecule has 0 aliphatic heterocycles. The fraction of sp³-hybridized carbons (Fsp3) is 0.182. The van der Waals surface area contributed by atoms with Gasteiger partial charge in [0.2, 0.25) is 0 Å². The molecule has 0 unspecified atom stereocenters. The van der Waals surface area contributed by atoms with Crippen molar-refractivity contribution >= 4 is 27.3 Å². The lowest BCUT2D eigenvalue weighted by atomic mass is 10.3. The minimum absolute atomic E-state index is 0.0439. The standard InChI is InChI=1S/C11H11ClN2O3S/c1-7-11(8(2)17-13-7)18(15,16)14-10-6-4-3-5-9(10)12/h3-6,14H,1-2H3. The van der Waals surface area contributed by atoms with E-state index in [9.17, 15) is 8.42 Å². The average Bonchev–Trinajstić information content (AvgIpc) is 2.62. The maximum Gasteiger partial charge on any atom is 0.267 e. The quantitative estimate of drug-likeness (QED) is 0.941. The van der Waals surface area contributed by atoms with E-state index in [4.69, 9.17) is 16.1 Å². The molecule has 2 aromatic rings. The highest BCUT2D eigenvalue weighted by molar-refractivity contribution is 7.92. The minimum atomic E-state index is -3.74. The van der Waals surface area contributed by atoms with Crippen molar-refractivity contribution in [1.82, 2.24) is 5.16 Å². The van der Waals surface area contributed by atoms with Crippen molar-refractivity contribution in [1.29, 1.82) is 0 Å². The number of benzene rings is 1. The number of aryl methyl sites for hydroxylation is 2. The number of halogens is 1. The molecule has 5 nitrogen and oxygen atoms in total. The average molecular weight is 287 g/mol. The topological polar surface area (TPSA) is 72.2 Å². The van der Waals surface area contributed by atoms with Crippen LogP contribution in [0, 0.1) is 13.8 Å². The third kappa shape index (κ3) is 2.34. The zero-order chi connectivity index (χ0) is 13.3. The van der Waals surface area contributed by atoms with E-state index in [0.717, 1.165) is 0 Å². The van der Waals surface area contributed by atoms with Crippen LogP contribution in [-0.4, -0.2) is 13.6 Å². The maximum atomic E-state index is 12.2. The predicted octanol–water partition coefficient (Wildman–Crippen LogP) is 2.75. The number of para-hydroxylation sites is 1. The molecule has 1 heterocycles. The molecule has 0 radical (unpaired) electrons. The van der Waals surface area contributed by atoms with E-state index in [-0.39, 0.29) is 10.7 Å². The van der Waals surface area contributed by atoms with Gasteiger partial charge in [0, 0.05) is 0 Å². The highest BCUT2D eigenvalue weighted by Gasteiger charge is 2.24. The SMILES string of the molecule is Cc1noc(C)c1S(=O)(=O)Nc1ccccc1Cl. The molecule has 18 heavy (non-hydrogen) atoms. The Morgan fingerprint density at radius 2 is 1.94 bits per heavy atom. The number of anilines is 1. The Morgan fingerprint density at radius 1 is 1.28 bits per heavy atom. The first-order valence-corrected chi connectivity index (χ1v) is 6.98. The summed E-state index contributed by atoms with van der Waals surface area (Å²) in [6.45, 7) is 3.11. The van der Waals surface area contributed by atoms with Crippen LogP contribution in [0.2, 0.25) is 5.02 Å². The Bertz CT molecular complexity index is 660. The van der Waals surface area contributed by atoms with E-state index in [0.29, 0.717) is 16.4 Å². The van der Waals surface area contributed by atoms with Crippen molar-refractivity contribution in [2.75, 3.05) is 4.72 Å². The van der Waals surface area contributed by atoms with Gasteiger partial charge in [-0.3, -0.25) is 4.72 Å². The minimum Gasteiger partial charge on any atom is -0.360 e. The molecule has 0 bridgehead atoms. The van der Waals surface area contributed by atoms with Gasteiger partial charge in [0.05, 0.1) is 10.7 Å². The lowest BCUT2D eigenvalue weighted by Gasteiger charge is -2.08. The molecular formula is C11H11ClN2O3S. The monoisotopic (exact) mass is 286 g/mol. The molecule has 1 N–H and O–H groups in total. The van der Waals surface area contributed by atoms with Crippen molar-refractivity contribution in [2.45, 2.75) is 18.7 Å². The molecule has 0 spiro atoms. The van der Waals surface area contributed by atoms with Crippen LogP contribution in [0.3, 0.4) is 0 Å². The summed E-state index contributed by atoms with van der Waals surface area (Å²) < 4.78 is 31.6. The Kier molecular flexibility index (Phi) is 3.32. The summed E-state index contributed by atoms with van der Waals surface area (Å²) >= 11 is 5.91. The summed E-state index contributed by atoms with van der Waals surface area (Å²) in [4.78, 5) is 0.0439. The number of aromatic nitrogens is 1. The largest absolute Gasteiger partial charge is 0.360 e. The number of hydrogen-bond acceptors (Lipinski definition) is 4. The second-order valence-electron chi connectivity index (χ2n) is 3.74. The highest BCUT2D eigenvalue weighted by atomic mass is 35.5. The second kappa shape index (κ2) is 4.62. The fourth-order valence-corrected chi connectivity index (χ4v) is 3.25. The Balaban J connectivity index is 2.43. The van der Waals surface area contributed by atoms with Gasteiger partial charge in [-0.2, -0.15) is 0 Å². The molecule has 96 valence electrons. The van der Waals surface area contributed by atoms with E-state index in [1.54, 1.807) is 38.1 Å². The highest BCUT2D eigenvalue weighted by Crippen LogP contribution is 2.26. The van der Waals surface area contributed by atoms with Crippen molar-refractivity contribution in [2.24, 2.45) is 0 Å². The summed E-state index contributed by atoms with van der Waals surface area (Å²) in [6.07, 6.45) is 0. The number of sulfonamides is 1. The van der Waals surface area contributed by atoms with Crippen LogP contribution in [0.4, 0.5) is 5.69 Å². The molecule has 0 fully saturated rings. The van der Waals surface area contributed by atoms with Crippen LogP contribution >= 0.6 is 11.6 Å². The van der Waals surface area contributed by atoms with Gasteiger partial charge in [-0.15, -0.1) is 0 Å². The van der Waals surface area contributed by atoms with Crippen LogP contribution in [0.1, 0.15) is 11.5 Å². The molecule has 0 saturated heterocycles. The maximum absolute atomic E-state index is 12.2. The molecule has 1 aromatic carbocycles. The van der Waals surface area contributed by atoms with Gasteiger partial charge in [0.15, 0.2) is 10.7 Å². The normalized spacial score (nSPS) is 11.5. The zero-order valence-corrected chi connectivity index (χ0v) is 11.3. The van der Waals surface area contributed by atoms with Crippen LogP contribution in [-0.2, 0) is 10.0 Å². The van der Waals surface area contributed by atoms with E-state index < -0.39 is 10.0 Å². The fourth-order valence-electron chi connectivity index (χ4n) is 1.60. The predicted molar refractivity (Wildman–Crippen MR) is 68.2 cm³/mol. The van der Waals surface area contributed by atoms with Crippen LogP contribution in [0.15, 0.2) is 33.7 Å². The smallest absolute Gasteiger partial charge is 0.267 e. The summed E-state index contributed by atoms with van der Waals surface area (Å²) in [5.74, 6) is 0.243. The van der Waals surface area contributed by atoms with Gasteiger partial charge in [0.25, 0.3) is 10.0 Å². The van der Waals surface area contributed by atoms with Gasteiger partial charge in [0.1, 0.15) is 5.69 Å². The number of nitrogens with one attached hydrogen (secondary N) is 1. The van der Waals surface area contributed by atoms with Crippen LogP contribution < -0.4 is 4.72 Å². The summed E-state index contributed by atoms with van der Waals surface area (Å²) in [5, 5.41) is 3.95. The lowest BCUT2D eigenvalue weighted by Crippen LogP contribution is -2.14. The number of hydrogen-bond donors (Lipinski definition) is 1. The Hall–Kier alpha value is -1.53. The molecule has 0 amide bonds. The van der Waals surface area contributed by atoms with Gasteiger partial charge < -0.3 is 4.52 Å². The molecule has 0 aliphatic carbocycles. The third-order valence-electron chi connectivity index (χ3n) is 2.35. The Morgan fingerprint density at radius 3 is 2.50 bits per heavy atom.